The van der Waals surface area contributed by atoms with E-state index in [2.05, 4.69) is 24.3 Å². The lowest BCUT2D eigenvalue weighted by Crippen LogP contribution is -2.43. The lowest BCUT2D eigenvalue weighted by atomic mass is 9.65. The minimum atomic E-state index is -0.607. The van der Waals surface area contributed by atoms with Gasteiger partial charge in [0.15, 0.2) is 5.66 Å². The van der Waals surface area contributed by atoms with E-state index in [1.165, 1.54) is 11.1 Å². The molecule has 2 aromatic rings. The molecule has 2 N–H and O–H groups in total. The van der Waals surface area contributed by atoms with E-state index < -0.39 is 5.66 Å². The Morgan fingerprint density at radius 2 is 1.83 bits per heavy atom. The Bertz CT molecular complexity index is 1020. The highest BCUT2D eigenvalue weighted by atomic mass is 35.5. The number of hydrogen-bond donors (Lipinski definition) is 1. The largest absolute Gasteiger partial charge is 0.382 e. The van der Waals surface area contributed by atoms with Gasteiger partial charge in [-0.1, -0.05) is 35.9 Å². The van der Waals surface area contributed by atoms with Crippen LogP contribution in [0.25, 0.3) is 11.1 Å². The molecule has 4 nitrogen and oxygen atoms in total. The third-order valence-electron chi connectivity index (χ3n) is 7.12. The average Bonchev–Trinajstić information content (AvgIpc) is 3.16. The molecular weight excluding hydrogens is 382 g/mol. The van der Waals surface area contributed by atoms with Crippen LogP contribution in [-0.2, 0) is 16.8 Å². The molecule has 150 valence electrons. The Balaban J connectivity index is 1.65. The number of nitrogens with zero attached hydrogens (tertiary/aromatic N) is 2. The number of benzene rings is 2. The molecule has 2 spiro atoms. The van der Waals surface area contributed by atoms with Gasteiger partial charge in [0.1, 0.15) is 5.84 Å². The smallest absolute Gasteiger partial charge is 0.184 e. The first kappa shape index (κ1) is 18.8. The van der Waals surface area contributed by atoms with Crippen LogP contribution >= 0.6 is 11.6 Å². The van der Waals surface area contributed by atoms with Gasteiger partial charge in [-0.05, 0) is 73.9 Å². The lowest BCUT2D eigenvalue weighted by Gasteiger charge is -2.44. The molecule has 5 rings (SSSR count). The van der Waals surface area contributed by atoms with Crippen molar-refractivity contribution in [1.29, 1.82) is 0 Å². The van der Waals surface area contributed by atoms with E-state index in [-0.39, 0.29) is 5.41 Å². The van der Waals surface area contributed by atoms with Gasteiger partial charge in [-0.2, -0.15) is 0 Å². The molecule has 1 aliphatic heterocycles. The number of fused-ring (bicyclic) bond motifs is 3. The van der Waals surface area contributed by atoms with Crippen molar-refractivity contribution in [1.82, 2.24) is 0 Å². The van der Waals surface area contributed by atoms with E-state index in [9.17, 15) is 0 Å². The van der Waals surface area contributed by atoms with Crippen LogP contribution in [0.1, 0.15) is 43.7 Å². The summed E-state index contributed by atoms with van der Waals surface area (Å²) in [5, 5.41) is 0.740. The lowest BCUT2D eigenvalue weighted by molar-refractivity contribution is -0.000371. The highest BCUT2D eigenvalue weighted by molar-refractivity contribution is 6.41. The number of amidine groups is 1. The zero-order valence-electron chi connectivity index (χ0n) is 16.9. The zero-order valence-corrected chi connectivity index (χ0v) is 17.7. The normalized spacial score (nSPS) is 30.5. The standard InChI is InChI=1S/C24H26ClN3O/c1-15-22(26)28-24(27-15)21-13-17(16-4-3-5-19(25)12-16)6-7-18(21)14-23(24)10-8-20(29-2)9-11-23/h3-7,12-13,20H,8-11,14H2,1-2H3,(H2,26,28). The minimum Gasteiger partial charge on any atom is -0.382 e. The predicted octanol–water partition coefficient (Wildman–Crippen LogP) is 5.12. The molecule has 3 aliphatic rings. The molecule has 1 fully saturated rings. The maximum Gasteiger partial charge on any atom is 0.184 e. The van der Waals surface area contributed by atoms with Crippen molar-refractivity contribution in [2.45, 2.75) is 50.8 Å². The Hall–Kier alpha value is -2.17. The summed E-state index contributed by atoms with van der Waals surface area (Å²) in [7, 11) is 1.81. The number of rotatable bonds is 2. The molecule has 0 saturated heterocycles. The first-order valence-corrected chi connectivity index (χ1v) is 10.7. The van der Waals surface area contributed by atoms with Gasteiger partial charge in [0.25, 0.3) is 0 Å². The zero-order chi connectivity index (χ0) is 20.2. The first-order chi connectivity index (χ1) is 14.0. The molecule has 0 amide bonds. The monoisotopic (exact) mass is 407 g/mol. The van der Waals surface area contributed by atoms with Crippen molar-refractivity contribution in [3.63, 3.8) is 0 Å². The van der Waals surface area contributed by atoms with Gasteiger partial charge < -0.3 is 10.5 Å². The third-order valence-corrected chi connectivity index (χ3v) is 7.35. The van der Waals surface area contributed by atoms with Crippen LogP contribution in [0.2, 0.25) is 5.02 Å². The summed E-state index contributed by atoms with van der Waals surface area (Å²) < 4.78 is 5.64. The highest BCUT2D eigenvalue weighted by Gasteiger charge is 2.60. The van der Waals surface area contributed by atoms with Crippen LogP contribution in [0.3, 0.4) is 0 Å². The first-order valence-electron chi connectivity index (χ1n) is 10.3. The molecule has 5 heteroatoms. The molecule has 2 aliphatic carbocycles. The van der Waals surface area contributed by atoms with Gasteiger partial charge >= 0.3 is 0 Å². The average molecular weight is 408 g/mol. The van der Waals surface area contributed by atoms with Gasteiger partial charge in [-0.3, -0.25) is 4.99 Å². The van der Waals surface area contributed by atoms with Gasteiger partial charge in [-0.25, -0.2) is 4.99 Å². The summed E-state index contributed by atoms with van der Waals surface area (Å²) in [6.45, 7) is 1.97. The number of nitrogens with two attached hydrogens (primary N) is 1. The van der Waals surface area contributed by atoms with E-state index >= 15 is 0 Å². The van der Waals surface area contributed by atoms with Crippen LogP contribution in [-0.4, -0.2) is 24.8 Å². The Morgan fingerprint density at radius 1 is 1.07 bits per heavy atom. The number of methoxy groups -OCH3 is 1. The summed E-state index contributed by atoms with van der Waals surface area (Å²) in [5.74, 6) is 0.569. The fraction of sp³-hybridized carbons (Fsp3) is 0.417. The summed E-state index contributed by atoms with van der Waals surface area (Å²) in [6.07, 6.45) is 5.48. The number of halogens is 1. The molecule has 2 aromatic carbocycles. The number of aliphatic imine (C=N–C) groups is 2. The Kier molecular flexibility index (Phi) is 4.34. The second kappa shape index (κ2) is 6.68. The summed E-state index contributed by atoms with van der Waals surface area (Å²) >= 11 is 6.24. The summed E-state index contributed by atoms with van der Waals surface area (Å²) in [5.41, 5.74) is 11.3. The van der Waals surface area contributed by atoms with E-state index in [0.29, 0.717) is 11.9 Å². The van der Waals surface area contributed by atoms with E-state index in [0.717, 1.165) is 54.0 Å². The maximum atomic E-state index is 6.28. The van der Waals surface area contributed by atoms with Gasteiger partial charge in [0.05, 0.1) is 11.8 Å². The summed E-state index contributed by atoms with van der Waals surface area (Å²) in [6, 6.07) is 14.7. The van der Waals surface area contributed by atoms with Crippen molar-refractivity contribution in [2.75, 3.05) is 7.11 Å². The molecule has 29 heavy (non-hydrogen) atoms. The fourth-order valence-electron chi connectivity index (χ4n) is 5.52. The summed E-state index contributed by atoms with van der Waals surface area (Å²) in [4.78, 5) is 10.2. The second-order valence-electron chi connectivity index (χ2n) is 8.64. The van der Waals surface area contributed by atoms with Crippen LogP contribution in [0.5, 0.6) is 0 Å². The van der Waals surface area contributed by atoms with Crippen molar-refractivity contribution in [3.05, 3.63) is 58.6 Å². The van der Waals surface area contributed by atoms with E-state index in [1.54, 1.807) is 0 Å². The third kappa shape index (κ3) is 2.77. The molecule has 0 bridgehead atoms. The Labute approximate surface area is 176 Å². The van der Waals surface area contributed by atoms with Gasteiger partial charge in [0.2, 0.25) is 0 Å². The van der Waals surface area contributed by atoms with Crippen molar-refractivity contribution in [3.8, 4) is 11.1 Å². The van der Waals surface area contributed by atoms with Crippen molar-refractivity contribution < 1.29 is 4.74 Å². The fourth-order valence-corrected chi connectivity index (χ4v) is 5.71. The molecule has 0 radical (unpaired) electrons. The van der Waals surface area contributed by atoms with Crippen LogP contribution in [0.15, 0.2) is 52.4 Å². The van der Waals surface area contributed by atoms with Crippen LogP contribution in [0, 0.1) is 5.41 Å². The quantitative estimate of drug-likeness (QED) is 0.750. The predicted molar refractivity (Wildman–Crippen MR) is 119 cm³/mol. The second-order valence-corrected chi connectivity index (χ2v) is 9.08. The SMILES string of the molecule is COC1CCC2(CC1)Cc1ccc(-c3cccc(Cl)c3)cc1C21N=C(C)C(N)=N1. The molecule has 1 unspecified atom stereocenters. The maximum absolute atomic E-state index is 6.28. The number of ether oxygens (including phenoxy) is 1. The minimum absolute atomic E-state index is 0.0281. The van der Waals surface area contributed by atoms with Gasteiger partial charge in [-0.15, -0.1) is 0 Å². The van der Waals surface area contributed by atoms with Crippen LogP contribution < -0.4 is 5.73 Å². The molecule has 1 heterocycles. The van der Waals surface area contributed by atoms with Crippen molar-refractivity contribution >= 4 is 23.1 Å². The highest BCUT2D eigenvalue weighted by Crippen LogP contribution is 2.62. The van der Waals surface area contributed by atoms with Crippen molar-refractivity contribution in [2.24, 2.45) is 21.1 Å². The van der Waals surface area contributed by atoms with E-state index in [4.69, 9.17) is 32.1 Å². The number of hydrogen-bond acceptors (Lipinski definition) is 4. The molecular formula is C24H26ClN3O. The molecule has 1 saturated carbocycles. The van der Waals surface area contributed by atoms with E-state index in [1.807, 2.05) is 32.2 Å². The Morgan fingerprint density at radius 3 is 2.48 bits per heavy atom. The van der Waals surface area contributed by atoms with Gasteiger partial charge in [0, 0.05) is 23.1 Å². The molecule has 1 atom stereocenters. The molecule has 0 aromatic heterocycles. The topological polar surface area (TPSA) is 60.0 Å². The van der Waals surface area contributed by atoms with Crippen LogP contribution in [0.4, 0.5) is 0 Å².